The van der Waals surface area contributed by atoms with E-state index in [0.29, 0.717) is 35.6 Å². The van der Waals surface area contributed by atoms with Crippen molar-refractivity contribution in [3.8, 4) is 22.1 Å². The predicted molar refractivity (Wildman–Crippen MR) is 133 cm³/mol. The largest absolute Gasteiger partial charge is 0.454 e. The van der Waals surface area contributed by atoms with Gasteiger partial charge in [-0.25, -0.2) is 4.98 Å². The summed E-state index contributed by atoms with van der Waals surface area (Å²) in [6.07, 6.45) is 4.15. The molecule has 0 bridgehead atoms. The van der Waals surface area contributed by atoms with Gasteiger partial charge in [-0.1, -0.05) is 18.2 Å². The van der Waals surface area contributed by atoms with E-state index in [9.17, 15) is 9.59 Å². The molecule has 3 heterocycles. The number of nitrogens with zero attached hydrogens (tertiary/aromatic N) is 2. The molecular formula is C27H21N3O3S. The van der Waals surface area contributed by atoms with E-state index in [4.69, 9.17) is 4.74 Å². The van der Waals surface area contributed by atoms with Crippen molar-refractivity contribution in [2.45, 2.75) is 19.3 Å². The summed E-state index contributed by atoms with van der Waals surface area (Å²) in [6, 6.07) is 21.1. The first kappa shape index (κ1) is 20.6. The number of ether oxygens (including phenoxy) is 1. The van der Waals surface area contributed by atoms with Crippen LogP contribution in [-0.4, -0.2) is 23.3 Å². The third-order valence-corrected chi connectivity index (χ3v) is 7.12. The van der Waals surface area contributed by atoms with Crippen LogP contribution in [0.1, 0.15) is 33.6 Å². The lowest BCUT2D eigenvalue weighted by Gasteiger charge is -2.15. The van der Waals surface area contributed by atoms with E-state index in [2.05, 4.69) is 10.3 Å². The molecule has 168 valence electrons. The van der Waals surface area contributed by atoms with Crippen LogP contribution in [0.15, 0.2) is 72.9 Å². The van der Waals surface area contributed by atoms with Gasteiger partial charge in [0.15, 0.2) is 5.75 Å². The number of hydrogen-bond acceptors (Lipinski definition) is 5. The van der Waals surface area contributed by atoms with Crippen LogP contribution >= 0.6 is 11.3 Å². The fourth-order valence-corrected chi connectivity index (χ4v) is 5.31. The normalized spacial score (nSPS) is 14.8. The molecule has 0 aliphatic carbocycles. The fourth-order valence-electron chi connectivity index (χ4n) is 4.35. The predicted octanol–water partition coefficient (Wildman–Crippen LogP) is 5.89. The highest BCUT2D eigenvalue weighted by molar-refractivity contribution is 7.15. The van der Waals surface area contributed by atoms with Crippen LogP contribution in [0.4, 0.5) is 11.4 Å². The summed E-state index contributed by atoms with van der Waals surface area (Å²) < 4.78 is 5.98. The Morgan fingerprint density at radius 1 is 1.00 bits per heavy atom. The van der Waals surface area contributed by atoms with E-state index in [1.807, 2.05) is 65.7 Å². The van der Waals surface area contributed by atoms with Gasteiger partial charge in [-0.05, 0) is 60.5 Å². The molecule has 0 saturated carbocycles. The van der Waals surface area contributed by atoms with Crippen molar-refractivity contribution in [2.24, 2.45) is 0 Å². The Balaban J connectivity index is 1.19. The standard InChI is InChI=1S/C27H21N3O3S/c31-25-6-3-13-30(25)19-10-8-18(9-11-19)27-28-16-20(34-27)14-17-7-12-24-22(15-17)29-26(32)21-4-1-2-5-23(21)33-24/h1-2,4-5,7-12,15-16H,3,6,13-14H2,(H,29,32). The molecule has 0 radical (unpaired) electrons. The molecular weight excluding hydrogens is 446 g/mol. The molecule has 3 aromatic carbocycles. The summed E-state index contributed by atoms with van der Waals surface area (Å²) in [6.45, 7) is 0.790. The number of carbonyl (C=O) groups excluding carboxylic acids is 2. The first-order valence-corrected chi connectivity index (χ1v) is 12.0. The van der Waals surface area contributed by atoms with Gasteiger partial charge in [-0.15, -0.1) is 11.3 Å². The summed E-state index contributed by atoms with van der Waals surface area (Å²) in [5.41, 5.74) is 4.22. The molecule has 34 heavy (non-hydrogen) atoms. The van der Waals surface area contributed by atoms with Gasteiger partial charge < -0.3 is 15.0 Å². The van der Waals surface area contributed by atoms with Crippen molar-refractivity contribution in [3.05, 3.63) is 88.9 Å². The van der Waals surface area contributed by atoms with E-state index in [1.54, 1.807) is 23.5 Å². The number of para-hydroxylation sites is 1. The summed E-state index contributed by atoms with van der Waals surface area (Å²) in [4.78, 5) is 32.2. The van der Waals surface area contributed by atoms with Crippen LogP contribution < -0.4 is 15.0 Å². The third-order valence-electron chi connectivity index (χ3n) is 6.08. The molecule has 4 aromatic rings. The van der Waals surface area contributed by atoms with Gasteiger partial charge in [0.2, 0.25) is 5.91 Å². The molecule has 0 atom stereocenters. The molecule has 7 heteroatoms. The molecule has 2 aliphatic rings. The highest BCUT2D eigenvalue weighted by Gasteiger charge is 2.22. The Kier molecular flexibility index (Phi) is 5.11. The zero-order valence-electron chi connectivity index (χ0n) is 18.3. The fraction of sp³-hybridized carbons (Fsp3) is 0.148. The van der Waals surface area contributed by atoms with Gasteiger partial charge in [0.25, 0.3) is 5.91 Å². The molecule has 6 nitrogen and oxygen atoms in total. The topological polar surface area (TPSA) is 71.5 Å². The van der Waals surface area contributed by atoms with Crippen molar-refractivity contribution in [3.63, 3.8) is 0 Å². The number of carbonyl (C=O) groups is 2. The van der Waals surface area contributed by atoms with Gasteiger partial charge in [0, 0.05) is 41.7 Å². The number of benzene rings is 3. The Hall–Kier alpha value is -3.97. The number of nitrogens with one attached hydrogen (secondary N) is 1. The van der Waals surface area contributed by atoms with Crippen LogP contribution in [0.3, 0.4) is 0 Å². The first-order valence-electron chi connectivity index (χ1n) is 11.2. The molecule has 1 saturated heterocycles. The average Bonchev–Trinajstić information content (AvgIpc) is 3.47. The Morgan fingerprint density at radius 3 is 2.68 bits per heavy atom. The second kappa shape index (κ2) is 8.43. The van der Waals surface area contributed by atoms with Crippen molar-refractivity contribution >= 4 is 34.5 Å². The van der Waals surface area contributed by atoms with E-state index in [1.165, 1.54) is 0 Å². The number of amides is 2. The summed E-state index contributed by atoms with van der Waals surface area (Å²) in [5, 5.41) is 3.90. The van der Waals surface area contributed by atoms with Crippen LogP contribution in [0.25, 0.3) is 10.6 Å². The molecule has 2 amide bonds. The molecule has 0 spiro atoms. The van der Waals surface area contributed by atoms with E-state index < -0.39 is 0 Å². The smallest absolute Gasteiger partial charge is 0.259 e. The van der Waals surface area contributed by atoms with Crippen LogP contribution in [0.5, 0.6) is 11.5 Å². The number of fused-ring (bicyclic) bond motifs is 2. The maximum atomic E-state index is 12.6. The number of rotatable bonds is 4. The SMILES string of the molecule is O=C1Nc2cc(Cc3cnc(-c4ccc(N5CCCC5=O)cc4)s3)ccc2Oc2ccccc21. The monoisotopic (exact) mass is 467 g/mol. The quantitative estimate of drug-likeness (QED) is 0.407. The molecule has 1 fully saturated rings. The van der Waals surface area contributed by atoms with Crippen LogP contribution in [0.2, 0.25) is 0 Å². The van der Waals surface area contributed by atoms with Crippen molar-refractivity contribution in [1.82, 2.24) is 4.98 Å². The molecule has 1 aromatic heterocycles. The summed E-state index contributed by atoms with van der Waals surface area (Å²) in [5.74, 6) is 1.20. The lowest BCUT2D eigenvalue weighted by Crippen LogP contribution is -2.23. The Bertz CT molecular complexity index is 1410. The van der Waals surface area contributed by atoms with Crippen molar-refractivity contribution < 1.29 is 14.3 Å². The van der Waals surface area contributed by atoms with Gasteiger partial charge in [0.1, 0.15) is 10.8 Å². The Labute approximate surface area is 200 Å². The molecule has 6 rings (SSSR count). The van der Waals surface area contributed by atoms with Crippen LogP contribution in [-0.2, 0) is 11.2 Å². The second-order valence-corrected chi connectivity index (χ2v) is 9.50. The summed E-state index contributed by atoms with van der Waals surface area (Å²) in [7, 11) is 0. The average molecular weight is 468 g/mol. The van der Waals surface area contributed by atoms with Crippen molar-refractivity contribution in [2.75, 3.05) is 16.8 Å². The lowest BCUT2D eigenvalue weighted by atomic mass is 10.1. The minimum absolute atomic E-state index is 0.175. The van der Waals surface area contributed by atoms with Gasteiger partial charge in [-0.2, -0.15) is 0 Å². The third kappa shape index (κ3) is 3.84. The maximum absolute atomic E-state index is 12.6. The molecule has 1 N–H and O–H groups in total. The maximum Gasteiger partial charge on any atom is 0.259 e. The molecule has 0 unspecified atom stereocenters. The van der Waals surface area contributed by atoms with Crippen molar-refractivity contribution in [1.29, 1.82) is 0 Å². The van der Waals surface area contributed by atoms with Gasteiger partial charge >= 0.3 is 0 Å². The van der Waals surface area contributed by atoms with Crippen LogP contribution in [0, 0.1) is 0 Å². The highest BCUT2D eigenvalue weighted by Crippen LogP contribution is 2.37. The highest BCUT2D eigenvalue weighted by atomic mass is 32.1. The first-order chi connectivity index (χ1) is 16.6. The number of thiazole rings is 1. The minimum atomic E-state index is -0.175. The zero-order valence-corrected chi connectivity index (χ0v) is 19.1. The van der Waals surface area contributed by atoms with Gasteiger partial charge in [0.05, 0.1) is 11.3 Å². The van der Waals surface area contributed by atoms with Gasteiger partial charge in [-0.3, -0.25) is 9.59 Å². The van der Waals surface area contributed by atoms with E-state index in [-0.39, 0.29) is 11.8 Å². The Morgan fingerprint density at radius 2 is 1.85 bits per heavy atom. The number of anilines is 2. The second-order valence-electron chi connectivity index (χ2n) is 8.39. The minimum Gasteiger partial charge on any atom is -0.454 e. The number of aromatic nitrogens is 1. The number of hydrogen-bond donors (Lipinski definition) is 1. The summed E-state index contributed by atoms with van der Waals surface area (Å²) >= 11 is 1.64. The zero-order chi connectivity index (χ0) is 23.1. The van der Waals surface area contributed by atoms with E-state index in [0.717, 1.165) is 39.7 Å². The molecule has 2 aliphatic heterocycles. The van der Waals surface area contributed by atoms with E-state index >= 15 is 0 Å². The lowest BCUT2D eigenvalue weighted by molar-refractivity contribution is -0.117.